The molecular formula is C11H10N2S. The van der Waals surface area contributed by atoms with E-state index in [0.717, 1.165) is 13.0 Å². The van der Waals surface area contributed by atoms with E-state index in [1.54, 1.807) is 11.5 Å². The number of nitrogens with zero attached hydrogens (tertiary/aromatic N) is 1. The molecule has 1 N–H and O–H groups in total. The lowest BCUT2D eigenvalue weighted by Crippen LogP contribution is -1.90. The van der Waals surface area contributed by atoms with Crippen LogP contribution in [0.1, 0.15) is 5.56 Å². The van der Waals surface area contributed by atoms with Crippen LogP contribution in [0.4, 0.5) is 5.69 Å². The fourth-order valence-electron chi connectivity index (χ4n) is 1.81. The minimum absolute atomic E-state index is 1.07. The van der Waals surface area contributed by atoms with Gasteiger partial charge in [0.1, 0.15) is 0 Å². The van der Waals surface area contributed by atoms with Gasteiger partial charge < -0.3 is 5.32 Å². The number of hydrogen-bond donors (Lipinski definition) is 1. The third-order valence-corrected chi connectivity index (χ3v) is 3.34. The summed E-state index contributed by atoms with van der Waals surface area (Å²) >= 11 is 1.54. The number of rotatable bonds is 1. The van der Waals surface area contributed by atoms with Crippen molar-refractivity contribution in [2.45, 2.75) is 6.42 Å². The maximum atomic E-state index is 4.11. The van der Waals surface area contributed by atoms with Gasteiger partial charge in [0, 0.05) is 18.4 Å². The Labute approximate surface area is 86.8 Å². The molecule has 70 valence electrons. The van der Waals surface area contributed by atoms with Gasteiger partial charge in [-0.1, -0.05) is 12.1 Å². The average Bonchev–Trinajstić information content (AvgIpc) is 2.88. The van der Waals surface area contributed by atoms with E-state index in [2.05, 4.69) is 34.0 Å². The van der Waals surface area contributed by atoms with Gasteiger partial charge in [-0.05, 0) is 41.2 Å². The third kappa shape index (κ3) is 1.21. The Hall–Kier alpha value is -1.35. The highest BCUT2D eigenvalue weighted by Gasteiger charge is 2.10. The predicted octanol–water partition coefficient (Wildman–Crippen LogP) is 2.78. The average molecular weight is 202 g/mol. The van der Waals surface area contributed by atoms with Gasteiger partial charge in [0.2, 0.25) is 0 Å². The molecule has 0 fully saturated rings. The van der Waals surface area contributed by atoms with E-state index in [0.29, 0.717) is 0 Å². The van der Waals surface area contributed by atoms with Crippen LogP contribution >= 0.6 is 11.5 Å². The summed E-state index contributed by atoms with van der Waals surface area (Å²) < 4.78 is 4.11. The van der Waals surface area contributed by atoms with Crippen LogP contribution in [-0.2, 0) is 6.42 Å². The normalized spacial score (nSPS) is 13.7. The standard InChI is InChI=1S/C11H10N2S/c1-2-9(11-4-6-13-14-11)7-10-8(1)3-5-12-10/h1-2,4,6-7,12H,3,5H2. The minimum atomic E-state index is 1.07. The number of aromatic nitrogens is 1. The van der Waals surface area contributed by atoms with Crippen molar-refractivity contribution in [1.29, 1.82) is 0 Å². The largest absolute Gasteiger partial charge is 0.384 e. The highest BCUT2D eigenvalue weighted by molar-refractivity contribution is 7.09. The maximum Gasteiger partial charge on any atom is 0.0550 e. The van der Waals surface area contributed by atoms with E-state index in [-0.39, 0.29) is 0 Å². The van der Waals surface area contributed by atoms with E-state index < -0.39 is 0 Å². The molecule has 1 aromatic heterocycles. The Morgan fingerprint density at radius 3 is 3.14 bits per heavy atom. The zero-order valence-corrected chi connectivity index (χ0v) is 8.47. The number of benzene rings is 1. The molecule has 0 aliphatic carbocycles. The van der Waals surface area contributed by atoms with Gasteiger partial charge in [-0.2, -0.15) is 0 Å². The van der Waals surface area contributed by atoms with Gasteiger partial charge in [0.15, 0.2) is 0 Å². The lowest BCUT2D eigenvalue weighted by atomic mass is 10.1. The number of nitrogens with one attached hydrogen (secondary N) is 1. The molecule has 2 aromatic rings. The topological polar surface area (TPSA) is 24.9 Å². The fourth-order valence-corrected chi connectivity index (χ4v) is 2.40. The number of hydrogen-bond acceptors (Lipinski definition) is 3. The first-order valence-electron chi connectivity index (χ1n) is 4.71. The van der Waals surface area contributed by atoms with Crippen molar-refractivity contribution in [3.05, 3.63) is 36.0 Å². The molecule has 14 heavy (non-hydrogen) atoms. The highest BCUT2D eigenvalue weighted by Crippen LogP contribution is 2.30. The summed E-state index contributed by atoms with van der Waals surface area (Å²) in [6.45, 7) is 1.07. The second kappa shape index (κ2) is 3.10. The summed E-state index contributed by atoms with van der Waals surface area (Å²) in [5.74, 6) is 0. The van der Waals surface area contributed by atoms with Crippen molar-refractivity contribution in [3.63, 3.8) is 0 Å². The van der Waals surface area contributed by atoms with Gasteiger partial charge >= 0.3 is 0 Å². The smallest absolute Gasteiger partial charge is 0.0550 e. The molecule has 3 rings (SSSR count). The summed E-state index contributed by atoms with van der Waals surface area (Å²) in [4.78, 5) is 1.24. The second-order valence-corrected chi connectivity index (χ2v) is 4.26. The molecule has 0 bridgehead atoms. The van der Waals surface area contributed by atoms with Crippen LogP contribution in [0.5, 0.6) is 0 Å². The molecule has 0 amide bonds. The Morgan fingerprint density at radius 1 is 1.29 bits per heavy atom. The lowest BCUT2D eigenvalue weighted by molar-refractivity contribution is 1.11. The molecular weight excluding hydrogens is 192 g/mol. The van der Waals surface area contributed by atoms with Gasteiger partial charge in [-0.25, -0.2) is 4.37 Å². The van der Waals surface area contributed by atoms with Gasteiger partial charge in [-0.15, -0.1) is 0 Å². The molecule has 1 aliphatic heterocycles. The zero-order valence-electron chi connectivity index (χ0n) is 7.66. The van der Waals surface area contributed by atoms with Crippen molar-refractivity contribution in [2.24, 2.45) is 0 Å². The Morgan fingerprint density at radius 2 is 2.29 bits per heavy atom. The summed E-state index contributed by atoms with van der Waals surface area (Å²) in [7, 11) is 0. The van der Waals surface area contributed by atoms with Crippen molar-refractivity contribution in [2.75, 3.05) is 11.9 Å². The van der Waals surface area contributed by atoms with Crippen molar-refractivity contribution >= 4 is 17.2 Å². The van der Waals surface area contributed by atoms with Crippen LogP contribution in [0.25, 0.3) is 10.4 Å². The SMILES string of the molecule is c1cc(-c2ccc3c(c2)NCC3)sn1. The number of anilines is 1. The first-order chi connectivity index (χ1) is 6.93. The van der Waals surface area contributed by atoms with Crippen LogP contribution < -0.4 is 5.32 Å². The van der Waals surface area contributed by atoms with Crippen LogP contribution in [-0.4, -0.2) is 10.9 Å². The first-order valence-corrected chi connectivity index (χ1v) is 5.49. The van der Waals surface area contributed by atoms with E-state index in [9.17, 15) is 0 Å². The third-order valence-electron chi connectivity index (χ3n) is 2.54. The van der Waals surface area contributed by atoms with E-state index in [1.165, 1.54) is 21.7 Å². The molecule has 0 saturated heterocycles. The molecule has 2 nitrogen and oxygen atoms in total. The molecule has 0 spiro atoms. The summed E-state index contributed by atoms with van der Waals surface area (Å²) in [6.07, 6.45) is 3.00. The molecule has 1 aromatic carbocycles. The van der Waals surface area contributed by atoms with Crippen molar-refractivity contribution in [1.82, 2.24) is 4.37 Å². The van der Waals surface area contributed by atoms with E-state index >= 15 is 0 Å². The van der Waals surface area contributed by atoms with Gasteiger partial charge in [-0.3, -0.25) is 0 Å². The summed E-state index contributed by atoms with van der Waals surface area (Å²) in [6, 6.07) is 8.67. The molecule has 1 aliphatic rings. The van der Waals surface area contributed by atoms with Crippen LogP contribution in [0, 0.1) is 0 Å². The second-order valence-electron chi connectivity index (χ2n) is 3.43. The fraction of sp³-hybridized carbons (Fsp3) is 0.182. The van der Waals surface area contributed by atoms with Crippen molar-refractivity contribution < 1.29 is 0 Å². The quantitative estimate of drug-likeness (QED) is 0.769. The van der Waals surface area contributed by atoms with E-state index in [4.69, 9.17) is 0 Å². The van der Waals surface area contributed by atoms with Gasteiger partial charge in [0.25, 0.3) is 0 Å². The molecule has 0 atom stereocenters. The Kier molecular flexibility index (Phi) is 1.77. The highest BCUT2D eigenvalue weighted by atomic mass is 32.1. The molecule has 2 heterocycles. The van der Waals surface area contributed by atoms with E-state index in [1.807, 2.05) is 6.20 Å². The van der Waals surface area contributed by atoms with Crippen LogP contribution in [0.3, 0.4) is 0 Å². The lowest BCUT2D eigenvalue weighted by Gasteiger charge is -2.02. The summed E-state index contributed by atoms with van der Waals surface area (Å²) in [5, 5.41) is 3.39. The monoisotopic (exact) mass is 202 g/mol. The zero-order chi connectivity index (χ0) is 9.38. The molecule has 0 unspecified atom stereocenters. The van der Waals surface area contributed by atoms with Gasteiger partial charge in [0.05, 0.1) is 4.88 Å². The Bertz CT molecular complexity index is 448. The number of fused-ring (bicyclic) bond motifs is 1. The van der Waals surface area contributed by atoms with Crippen molar-refractivity contribution in [3.8, 4) is 10.4 Å². The maximum absolute atomic E-state index is 4.11. The summed E-state index contributed by atoms with van der Waals surface area (Å²) in [5.41, 5.74) is 3.98. The molecule has 3 heteroatoms. The van der Waals surface area contributed by atoms with Crippen LogP contribution in [0.2, 0.25) is 0 Å². The van der Waals surface area contributed by atoms with Crippen LogP contribution in [0.15, 0.2) is 30.5 Å². The molecule has 0 radical (unpaired) electrons. The Balaban J connectivity index is 2.09. The first kappa shape index (κ1) is 8.00. The minimum Gasteiger partial charge on any atom is -0.384 e. The molecule has 0 saturated carbocycles. The predicted molar refractivity (Wildman–Crippen MR) is 59.7 cm³/mol.